The molecule has 1 heterocycles. The van der Waals surface area contributed by atoms with Gasteiger partial charge >= 0.3 is 5.97 Å². The van der Waals surface area contributed by atoms with Crippen LogP contribution in [0.15, 0.2) is 0 Å². The second-order valence-electron chi connectivity index (χ2n) is 4.50. The van der Waals surface area contributed by atoms with E-state index in [1.807, 2.05) is 6.92 Å². The van der Waals surface area contributed by atoms with Crippen molar-refractivity contribution in [2.24, 2.45) is 5.41 Å². The van der Waals surface area contributed by atoms with Crippen molar-refractivity contribution in [2.45, 2.75) is 32.2 Å². The molecule has 0 aromatic carbocycles. The van der Waals surface area contributed by atoms with Crippen molar-refractivity contribution in [1.82, 2.24) is 10.6 Å². The zero-order valence-corrected chi connectivity index (χ0v) is 10.0. The lowest BCUT2D eigenvalue weighted by Gasteiger charge is -2.27. The normalized spacial score (nSPS) is 25.5. The summed E-state index contributed by atoms with van der Waals surface area (Å²) >= 11 is 0. The molecule has 1 amide bonds. The van der Waals surface area contributed by atoms with Gasteiger partial charge in [0.2, 0.25) is 5.91 Å². The third kappa shape index (κ3) is 3.17. The van der Waals surface area contributed by atoms with Crippen molar-refractivity contribution in [2.75, 3.05) is 19.7 Å². The second kappa shape index (κ2) is 5.97. The summed E-state index contributed by atoms with van der Waals surface area (Å²) in [5, 5.41) is 23.2. The molecule has 1 saturated heterocycles. The van der Waals surface area contributed by atoms with Crippen LogP contribution in [0, 0.1) is 5.41 Å². The Kier molecular flexibility index (Phi) is 4.89. The lowest BCUT2D eigenvalue weighted by atomic mass is 9.81. The van der Waals surface area contributed by atoms with E-state index >= 15 is 0 Å². The first-order valence-electron chi connectivity index (χ1n) is 5.91. The number of nitrogens with one attached hydrogen (secondary N) is 2. The van der Waals surface area contributed by atoms with Gasteiger partial charge in [0.1, 0.15) is 6.04 Å². The molecule has 4 N–H and O–H groups in total. The number of aliphatic hydroxyl groups is 1. The number of rotatable bonds is 6. The molecule has 6 nitrogen and oxygen atoms in total. The Hall–Kier alpha value is -1.14. The molecule has 6 heteroatoms. The van der Waals surface area contributed by atoms with Crippen LogP contribution in [0.2, 0.25) is 0 Å². The van der Waals surface area contributed by atoms with E-state index in [2.05, 4.69) is 10.6 Å². The van der Waals surface area contributed by atoms with Gasteiger partial charge in [-0.3, -0.25) is 4.79 Å². The fourth-order valence-corrected chi connectivity index (χ4v) is 2.24. The van der Waals surface area contributed by atoms with Gasteiger partial charge in [0.25, 0.3) is 0 Å². The van der Waals surface area contributed by atoms with Crippen molar-refractivity contribution >= 4 is 11.9 Å². The predicted octanol–water partition coefficient (Wildman–Crippen LogP) is -0.672. The van der Waals surface area contributed by atoms with E-state index in [1.165, 1.54) is 0 Å². The Labute approximate surface area is 100 Å². The quantitative estimate of drug-likeness (QED) is 0.496. The van der Waals surface area contributed by atoms with E-state index < -0.39 is 24.0 Å². The summed E-state index contributed by atoms with van der Waals surface area (Å²) in [5.41, 5.74) is -0.516. The second-order valence-corrected chi connectivity index (χ2v) is 4.50. The topological polar surface area (TPSA) is 98.7 Å². The SMILES string of the molecule is CCCC1(C(=O)N[C@@H](CO)C(=O)O)CCNC1. The number of carbonyl (C=O) groups is 2. The van der Waals surface area contributed by atoms with Crippen molar-refractivity contribution in [3.8, 4) is 0 Å². The Bertz CT molecular complexity index is 287. The van der Waals surface area contributed by atoms with Gasteiger partial charge in [-0.1, -0.05) is 13.3 Å². The molecule has 0 saturated carbocycles. The Morgan fingerprint density at radius 2 is 2.24 bits per heavy atom. The number of hydrogen-bond donors (Lipinski definition) is 4. The van der Waals surface area contributed by atoms with E-state index in [0.29, 0.717) is 13.0 Å². The highest BCUT2D eigenvalue weighted by Crippen LogP contribution is 2.31. The lowest BCUT2D eigenvalue weighted by Crippen LogP contribution is -2.50. The van der Waals surface area contributed by atoms with Crippen molar-refractivity contribution in [1.29, 1.82) is 0 Å². The highest BCUT2D eigenvalue weighted by molar-refractivity contribution is 5.88. The van der Waals surface area contributed by atoms with Crippen LogP contribution >= 0.6 is 0 Å². The van der Waals surface area contributed by atoms with E-state index in [-0.39, 0.29) is 5.91 Å². The Morgan fingerprint density at radius 1 is 1.53 bits per heavy atom. The smallest absolute Gasteiger partial charge is 0.328 e. The number of aliphatic carboxylic acids is 1. The zero-order valence-electron chi connectivity index (χ0n) is 10.0. The summed E-state index contributed by atoms with van der Waals surface area (Å²) in [5.74, 6) is -1.48. The first-order chi connectivity index (χ1) is 8.05. The fraction of sp³-hybridized carbons (Fsp3) is 0.818. The highest BCUT2D eigenvalue weighted by atomic mass is 16.4. The van der Waals surface area contributed by atoms with Gasteiger partial charge in [-0.2, -0.15) is 0 Å². The van der Waals surface area contributed by atoms with Gasteiger partial charge in [-0.15, -0.1) is 0 Å². The van der Waals surface area contributed by atoms with Crippen LogP contribution in [-0.2, 0) is 9.59 Å². The first kappa shape index (κ1) is 13.9. The summed E-state index contributed by atoms with van der Waals surface area (Å²) in [7, 11) is 0. The molecule has 1 aliphatic rings. The molecule has 0 spiro atoms. The van der Waals surface area contributed by atoms with Crippen LogP contribution in [0.25, 0.3) is 0 Å². The molecule has 1 fully saturated rings. The van der Waals surface area contributed by atoms with E-state index in [1.54, 1.807) is 0 Å². The minimum absolute atomic E-state index is 0.272. The van der Waals surface area contributed by atoms with Crippen LogP contribution in [0.1, 0.15) is 26.2 Å². The number of carboxylic acids is 1. The van der Waals surface area contributed by atoms with Gasteiger partial charge in [0.15, 0.2) is 0 Å². The largest absolute Gasteiger partial charge is 0.480 e. The van der Waals surface area contributed by atoms with E-state index in [4.69, 9.17) is 10.2 Å². The Morgan fingerprint density at radius 3 is 2.65 bits per heavy atom. The minimum atomic E-state index is -1.21. The maximum absolute atomic E-state index is 12.1. The van der Waals surface area contributed by atoms with Crippen LogP contribution in [0.5, 0.6) is 0 Å². The number of hydrogen-bond acceptors (Lipinski definition) is 4. The van der Waals surface area contributed by atoms with Crippen molar-refractivity contribution < 1.29 is 19.8 Å². The maximum Gasteiger partial charge on any atom is 0.328 e. The molecule has 1 aliphatic heterocycles. The van der Waals surface area contributed by atoms with Gasteiger partial charge in [-0.25, -0.2) is 4.79 Å². The average Bonchev–Trinajstić information content (AvgIpc) is 2.75. The highest BCUT2D eigenvalue weighted by Gasteiger charge is 2.41. The van der Waals surface area contributed by atoms with Crippen LogP contribution in [0.3, 0.4) is 0 Å². The maximum atomic E-state index is 12.1. The van der Waals surface area contributed by atoms with E-state index in [0.717, 1.165) is 19.4 Å². The number of aliphatic hydroxyl groups excluding tert-OH is 1. The van der Waals surface area contributed by atoms with Crippen LogP contribution in [-0.4, -0.2) is 47.8 Å². The average molecular weight is 244 g/mol. The molecule has 17 heavy (non-hydrogen) atoms. The van der Waals surface area contributed by atoms with E-state index in [9.17, 15) is 9.59 Å². The monoisotopic (exact) mass is 244 g/mol. The first-order valence-corrected chi connectivity index (χ1v) is 5.91. The van der Waals surface area contributed by atoms with Gasteiger partial charge < -0.3 is 20.8 Å². The molecule has 0 bridgehead atoms. The summed E-state index contributed by atoms with van der Waals surface area (Å²) in [6.45, 7) is 2.75. The predicted molar refractivity (Wildman–Crippen MR) is 61.5 cm³/mol. The number of carboxylic acid groups (broad SMARTS) is 1. The Balaban J connectivity index is 2.68. The molecule has 0 aromatic heterocycles. The molecule has 1 rings (SSSR count). The van der Waals surface area contributed by atoms with Crippen LogP contribution in [0.4, 0.5) is 0 Å². The molecular weight excluding hydrogens is 224 g/mol. The standard InChI is InChI=1S/C11H20N2O4/c1-2-3-11(4-5-12-7-11)10(17)13-8(6-14)9(15)16/h8,12,14H,2-7H2,1H3,(H,13,17)(H,15,16)/t8-,11?/m0/s1. The molecule has 1 unspecified atom stereocenters. The number of amides is 1. The third-order valence-electron chi connectivity index (χ3n) is 3.24. The van der Waals surface area contributed by atoms with Crippen LogP contribution < -0.4 is 10.6 Å². The molecule has 0 aromatic rings. The van der Waals surface area contributed by atoms with Crippen molar-refractivity contribution in [3.63, 3.8) is 0 Å². The lowest BCUT2D eigenvalue weighted by molar-refractivity contribution is -0.145. The van der Waals surface area contributed by atoms with Gasteiger partial charge in [0.05, 0.1) is 12.0 Å². The molecule has 0 radical (unpaired) electrons. The van der Waals surface area contributed by atoms with Gasteiger partial charge in [0, 0.05) is 6.54 Å². The summed E-state index contributed by atoms with van der Waals surface area (Å²) in [6, 6.07) is -1.21. The summed E-state index contributed by atoms with van der Waals surface area (Å²) in [6.07, 6.45) is 2.31. The zero-order chi connectivity index (χ0) is 12.9. The summed E-state index contributed by atoms with van der Waals surface area (Å²) < 4.78 is 0. The molecule has 98 valence electrons. The van der Waals surface area contributed by atoms with Gasteiger partial charge in [-0.05, 0) is 19.4 Å². The molecule has 0 aliphatic carbocycles. The number of carbonyl (C=O) groups excluding carboxylic acids is 1. The summed E-state index contributed by atoms with van der Waals surface area (Å²) in [4.78, 5) is 22.9. The minimum Gasteiger partial charge on any atom is -0.480 e. The molecular formula is C11H20N2O4. The molecule has 2 atom stereocenters. The van der Waals surface area contributed by atoms with Crippen molar-refractivity contribution in [3.05, 3.63) is 0 Å². The third-order valence-corrected chi connectivity index (χ3v) is 3.24. The fourth-order valence-electron chi connectivity index (χ4n) is 2.24.